The molecule has 0 radical (unpaired) electrons. The van der Waals surface area contributed by atoms with Crippen LogP contribution in [0.2, 0.25) is 0 Å². The van der Waals surface area contributed by atoms with E-state index in [-0.39, 0.29) is 0 Å². The van der Waals surface area contributed by atoms with E-state index in [1.165, 1.54) is 76.2 Å². The van der Waals surface area contributed by atoms with Crippen molar-refractivity contribution in [3.05, 3.63) is 41.2 Å². The van der Waals surface area contributed by atoms with E-state index >= 15 is 0 Å². The van der Waals surface area contributed by atoms with Gasteiger partial charge in [-0.2, -0.15) is 0 Å². The van der Waals surface area contributed by atoms with Crippen LogP contribution in [0.3, 0.4) is 0 Å². The number of hydrogen-bond donors (Lipinski definition) is 0. The van der Waals surface area contributed by atoms with E-state index < -0.39 is 0 Å². The van der Waals surface area contributed by atoms with Gasteiger partial charge < -0.3 is 0 Å². The molecule has 0 amide bonds. The average Bonchev–Trinajstić information content (AvgIpc) is 2.60. The largest absolute Gasteiger partial charge is 0.238 e. The fraction of sp³-hybridized carbons (Fsp3) is 0.667. The molecule has 2 bridgehead atoms. The molecule has 118 valence electrons. The van der Waals surface area contributed by atoms with Gasteiger partial charge >= 0.3 is 0 Å². The third-order valence-electron chi connectivity index (χ3n) is 6.57. The summed E-state index contributed by atoms with van der Waals surface area (Å²) in [6, 6.07) is 8.48. The van der Waals surface area contributed by atoms with Gasteiger partial charge in [0.25, 0.3) is 0 Å². The molecule has 3 saturated carbocycles. The quantitative estimate of drug-likeness (QED) is 0.401. The summed E-state index contributed by atoms with van der Waals surface area (Å²) < 4.78 is 0. The topological polar surface area (TPSA) is 4.36 Å². The highest BCUT2D eigenvalue weighted by atomic mass is 14.6. The molecule has 3 fully saturated rings. The molecule has 0 atom stereocenters. The lowest BCUT2D eigenvalue weighted by atomic mass is 9.51. The van der Waals surface area contributed by atoms with Crippen LogP contribution in [-0.2, 0) is 5.41 Å². The Morgan fingerprint density at radius 3 is 2.09 bits per heavy atom. The van der Waals surface area contributed by atoms with Gasteiger partial charge in [-0.15, -0.1) is 0 Å². The van der Waals surface area contributed by atoms with Gasteiger partial charge in [0.05, 0.1) is 6.57 Å². The van der Waals surface area contributed by atoms with Gasteiger partial charge in [0, 0.05) is 0 Å². The third-order valence-corrected chi connectivity index (χ3v) is 6.57. The predicted molar refractivity (Wildman–Crippen MR) is 93.3 cm³/mol. The first-order valence-corrected chi connectivity index (χ1v) is 9.20. The maximum absolute atomic E-state index is 7.10. The lowest BCUT2D eigenvalue weighted by Gasteiger charge is -2.54. The fourth-order valence-electron chi connectivity index (χ4n) is 4.89. The molecule has 1 nitrogen and oxygen atoms in total. The van der Waals surface area contributed by atoms with Gasteiger partial charge in [0.2, 0.25) is 0 Å². The summed E-state index contributed by atoms with van der Waals surface area (Å²) in [5.41, 5.74) is 3.40. The summed E-state index contributed by atoms with van der Waals surface area (Å²) in [5, 5.41) is 0. The second-order valence-electron chi connectivity index (χ2n) is 7.75. The van der Waals surface area contributed by atoms with Gasteiger partial charge in [-0.25, -0.2) is 4.85 Å². The van der Waals surface area contributed by atoms with Crippen LogP contribution in [0.5, 0.6) is 0 Å². The van der Waals surface area contributed by atoms with Gasteiger partial charge in [-0.1, -0.05) is 56.9 Å². The lowest BCUT2D eigenvalue weighted by Crippen LogP contribution is -2.44. The third kappa shape index (κ3) is 2.94. The predicted octanol–water partition coefficient (Wildman–Crippen LogP) is 6.80. The molecule has 0 spiro atoms. The van der Waals surface area contributed by atoms with E-state index in [9.17, 15) is 0 Å². The van der Waals surface area contributed by atoms with Crippen LogP contribution in [0.1, 0.15) is 83.1 Å². The van der Waals surface area contributed by atoms with Crippen molar-refractivity contribution in [1.82, 2.24) is 0 Å². The maximum Gasteiger partial charge on any atom is 0.187 e. The molecule has 0 saturated heterocycles. The van der Waals surface area contributed by atoms with Crippen molar-refractivity contribution >= 4 is 5.69 Å². The molecule has 4 rings (SSSR count). The second kappa shape index (κ2) is 6.45. The summed E-state index contributed by atoms with van der Waals surface area (Å²) in [6.07, 6.45) is 15.5. The molecule has 0 N–H and O–H groups in total. The van der Waals surface area contributed by atoms with Crippen LogP contribution < -0.4 is 0 Å². The van der Waals surface area contributed by atoms with Crippen LogP contribution >= 0.6 is 0 Å². The number of nitrogens with zero attached hydrogens (tertiary/aromatic N) is 1. The maximum atomic E-state index is 7.10. The van der Waals surface area contributed by atoms with Crippen molar-refractivity contribution in [2.24, 2.45) is 5.41 Å². The molecular formula is C21H29N. The lowest BCUT2D eigenvalue weighted by molar-refractivity contribution is 0.0305. The first-order chi connectivity index (χ1) is 10.7. The highest BCUT2D eigenvalue weighted by molar-refractivity contribution is 5.47. The Balaban J connectivity index is 1.63. The first kappa shape index (κ1) is 15.6. The molecular weight excluding hydrogens is 266 g/mol. The fourth-order valence-corrected chi connectivity index (χ4v) is 4.89. The summed E-state index contributed by atoms with van der Waals surface area (Å²) in [7, 11) is 0. The summed E-state index contributed by atoms with van der Waals surface area (Å²) in [4.78, 5) is 3.53. The molecule has 0 aromatic heterocycles. The SMILES string of the molecule is [C-]#[N+]c1ccc(C23CCC(CCCCCC)(CC2)CC3)cc1. The number of hydrogen-bond acceptors (Lipinski definition) is 0. The molecule has 22 heavy (non-hydrogen) atoms. The number of benzene rings is 1. The van der Waals surface area contributed by atoms with Crippen molar-refractivity contribution in [2.45, 2.75) is 83.0 Å². The smallest absolute Gasteiger partial charge is 0.187 e. The van der Waals surface area contributed by atoms with Gasteiger partial charge in [0.1, 0.15) is 0 Å². The minimum absolute atomic E-state index is 0.436. The van der Waals surface area contributed by atoms with Crippen molar-refractivity contribution in [3.63, 3.8) is 0 Å². The molecule has 3 aliphatic rings. The van der Waals surface area contributed by atoms with Crippen LogP contribution in [0.4, 0.5) is 5.69 Å². The van der Waals surface area contributed by atoms with Crippen molar-refractivity contribution in [3.8, 4) is 0 Å². The van der Waals surface area contributed by atoms with Gasteiger partial charge in [-0.3, -0.25) is 0 Å². The molecule has 3 aliphatic carbocycles. The highest BCUT2D eigenvalue weighted by Gasteiger charge is 2.48. The van der Waals surface area contributed by atoms with Crippen LogP contribution in [0, 0.1) is 12.0 Å². The number of unbranched alkanes of at least 4 members (excludes halogenated alkanes) is 3. The number of fused-ring (bicyclic) bond motifs is 3. The summed E-state index contributed by atoms with van der Waals surface area (Å²) in [5.74, 6) is 0. The van der Waals surface area contributed by atoms with E-state index in [0.717, 1.165) is 5.69 Å². The minimum Gasteiger partial charge on any atom is -0.238 e. The Hall–Kier alpha value is -1.29. The average molecular weight is 295 g/mol. The number of rotatable bonds is 6. The van der Waals surface area contributed by atoms with Gasteiger partial charge in [0.15, 0.2) is 5.69 Å². The zero-order valence-electron chi connectivity index (χ0n) is 14.0. The standard InChI is InChI=1S/C21H29N/c1-3-4-5-6-11-20-12-15-21(16-13-20,17-14-20)18-7-9-19(22-2)10-8-18/h7-10H,3-6,11-17H2,1H3. The normalized spacial score (nSPS) is 30.2. The first-order valence-electron chi connectivity index (χ1n) is 9.20. The van der Waals surface area contributed by atoms with Gasteiger partial charge in [-0.05, 0) is 61.3 Å². The van der Waals surface area contributed by atoms with Crippen LogP contribution in [0.25, 0.3) is 4.85 Å². The van der Waals surface area contributed by atoms with Crippen molar-refractivity contribution in [1.29, 1.82) is 0 Å². The van der Waals surface area contributed by atoms with Crippen molar-refractivity contribution < 1.29 is 0 Å². The van der Waals surface area contributed by atoms with Crippen molar-refractivity contribution in [2.75, 3.05) is 0 Å². The molecule has 0 heterocycles. The van der Waals surface area contributed by atoms with E-state index in [1.54, 1.807) is 0 Å². The van der Waals surface area contributed by atoms with E-state index in [4.69, 9.17) is 6.57 Å². The minimum atomic E-state index is 0.436. The summed E-state index contributed by atoms with van der Waals surface area (Å²) in [6.45, 7) is 9.40. The Morgan fingerprint density at radius 1 is 0.909 bits per heavy atom. The zero-order valence-corrected chi connectivity index (χ0v) is 14.0. The summed E-state index contributed by atoms with van der Waals surface area (Å²) >= 11 is 0. The zero-order chi connectivity index (χ0) is 15.5. The molecule has 1 aromatic carbocycles. The van der Waals surface area contributed by atoms with E-state index in [2.05, 4.69) is 23.9 Å². The van der Waals surface area contributed by atoms with Crippen LogP contribution in [0.15, 0.2) is 24.3 Å². The highest BCUT2D eigenvalue weighted by Crippen LogP contribution is 2.59. The Kier molecular flexibility index (Phi) is 4.57. The Morgan fingerprint density at radius 2 is 1.55 bits per heavy atom. The molecule has 0 unspecified atom stereocenters. The second-order valence-corrected chi connectivity index (χ2v) is 7.75. The van der Waals surface area contributed by atoms with E-state index in [0.29, 0.717) is 10.8 Å². The molecule has 0 aliphatic heterocycles. The Bertz CT molecular complexity index is 509. The molecule has 1 aromatic rings. The monoisotopic (exact) mass is 295 g/mol. The molecule has 1 heteroatoms. The Labute approximate surface area is 135 Å². The van der Waals surface area contributed by atoms with E-state index in [1.807, 2.05) is 12.1 Å². The van der Waals surface area contributed by atoms with Crippen LogP contribution in [-0.4, -0.2) is 0 Å².